The Labute approximate surface area is 113 Å². The molecular formula is C14H21NO2S. The van der Waals surface area contributed by atoms with Gasteiger partial charge in [0.25, 0.3) is 0 Å². The number of hydrogen-bond donors (Lipinski definition) is 0. The molecule has 0 N–H and O–H groups in total. The summed E-state index contributed by atoms with van der Waals surface area (Å²) in [5.41, 5.74) is 0. The maximum atomic E-state index is 12.2. The van der Waals surface area contributed by atoms with Crippen molar-refractivity contribution in [3.8, 4) is 0 Å². The van der Waals surface area contributed by atoms with E-state index in [1.165, 1.54) is 4.88 Å². The third-order valence-electron chi connectivity index (χ3n) is 3.49. The second kappa shape index (κ2) is 6.45. The zero-order chi connectivity index (χ0) is 13.0. The Morgan fingerprint density at radius 3 is 2.78 bits per heavy atom. The quantitative estimate of drug-likeness (QED) is 0.768. The third-order valence-corrected chi connectivity index (χ3v) is 4.76. The number of nitrogens with zero attached hydrogens (tertiary/aromatic N) is 1. The number of likely N-dealkylation sites (N-methyl/N-ethyl adjacent to an activating group) is 1. The van der Waals surface area contributed by atoms with Gasteiger partial charge in [-0.25, -0.2) is 0 Å². The average Bonchev–Trinajstić information content (AvgIpc) is 2.88. The number of Topliss-reactive ketones (excluding diaryl/α,β-unsaturated/α-hetero) is 1. The van der Waals surface area contributed by atoms with E-state index in [0.29, 0.717) is 12.6 Å². The predicted octanol–water partition coefficient (Wildman–Crippen LogP) is 2.60. The minimum Gasteiger partial charge on any atom is -0.381 e. The van der Waals surface area contributed by atoms with Gasteiger partial charge in [-0.15, -0.1) is 11.3 Å². The molecule has 1 aliphatic heterocycles. The molecule has 1 fully saturated rings. The van der Waals surface area contributed by atoms with Gasteiger partial charge in [0.05, 0.1) is 11.4 Å². The van der Waals surface area contributed by atoms with Crippen LogP contribution in [0.15, 0.2) is 12.1 Å². The van der Waals surface area contributed by atoms with Gasteiger partial charge in [0.15, 0.2) is 5.78 Å². The number of carbonyl (C=O) groups is 1. The first-order valence-electron chi connectivity index (χ1n) is 6.60. The van der Waals surface area contributed by atoms with Gasteiger partial charge in [-0.3, -0.25) is 9.69 Å². The molecule has 1 aromatic rings. The normalized spacial score (nSPS) is 17.3. The van der Waals surface area contributed by atoms with Crippen LogP contribution in [0.4, 0.5) is 0 Å². The van der Waals surface area contributed by atoms with Crippen molar-refractivity contribution in [2.75, 3.05) is 26.8 Å². The van der Waals surface area contributed by atoms with Crippen molar-refractivity contribution in [3.63, 3.8) is 0 Å². The van der Waals surface area contributed by atoms with E-state index in [-0.39, 0.29) is 5.78 Å². The molecule has 2 heterocycles. The standard InChI is InChI=1S/C14H21NO2S/c1-3-12-4-5-14(18-12)13(16)10-15(2)11-6-8-17-9-7-11/h4-5,11H,3,6-10H2,1-2H3. The van der Waals surface area contributed by atoms with Gasteiger partial charge in [0, 0.05) is 24.1 Å². The van der Waals surface area contributed by atoms with E-state index < -0.39 is 0 Å². The van der Waals surface area contributed by atoms with Crippen LogP contribution in [0.5, 0.6) is 0 Å². The summed E-state index contributed by atoms with van der Waals surface area (Å²) in [6.07, 6.45) is 3.08. The van der Waals surface area contributed by atoms with Gasteiger partial charge >= 0.3 is 0 Å². The summed E-state index contributed by atoms with van der Waals surface area (Å²) < 4.78 is 5.35. The number of ketones is 1. The number of ether oxygens (including phenoxy) is 1. The maximum absolute atomic E-state index is 12.2. The van der Waals surface area contributed by atoms with E-state index in [9.17, 15) is 4.79 Å². The van der Waals surface area contributed by atoms with Crippen molar-refractivity contribution in [3.05, 3.63) is 21.9 Å². The molecule has 4 heteroatoms. The Bertz CT molecular complexity index is 396. The molecule has 0 radical (unpaired) electrons. The number of carbonyl (C=O) groups excluding carboxylic acids is 1. The van der Waals surface area contributed by atoms with Crippen molar-refractivity contribution < 1.29 is 9.53 Å². The number of rotatable bonds is 5. The molecule has 0 saturated carbocycles. The van der Waals surface area contributed by atoms with E-state index in [1.807, 2.05) is 13.1 Å². The lowest BCUT2D eigenvalue weighted by atomic mass is 10.1. The molecule has 0 unspecified atom stereocenters. The lowest BCUT2D eigenvalue weighted by molar-refractivity contribution is 0.0419. The van der Waals surface area contributed by atoms with Gasteiger partial charge in [-0.05, 0) is 38.4 Å². The van der Waals surface area contributed by atoms with Crippen LogP contribution >= 0.6 is 11.3 Å². The molecule has 0 aromatic carbocycles. The molecule has 18 heavy (non-hydrogen) atoms. The summed E-state index contributed by atoms with van der Waals surface area (Å²) in [6, 6.07) is 4.52. The predicted molar refractivity (Wildman–Crippen MR) is 74.5 cm³/mol. The van der Waals surface area contributed by atoms with E-state index in [1.54, 1.807) is 11.3 Å². The second-order valence-corrected chi connectivity index (χ2v) is 5.97. The summed E-state index contributed by atoms with van der Waals surface area (Å²) in [7, 11) is 2.04. The molecule has 2 rings (SSSR count). The van der Waals surface area contributed by atoms with E-state index in [0.717, 1.165) is 37.4 Å². The summed E-state index contributed by atoms with van der Waals surface area (Å²) in [5.74, 6) is 0.244. The zero-order valence-electron chi connectivity index (χ0n) is 11.1. The van der Waals surface area contributed by atoms with Crippen molar-refractivity contribution in [1.29, 1.82) is 0 Å². The second-order valence-electron chi connectivity index (χ2n) is 4.80. The highest BCUT2D eigenvalue weighted by atomic mass is 32.1. The van der Waals surface area contributed by atoms with E-state index in [4.69, 9.17) is 4.74 Å². The molecular weight excluding hydrogens is 246 g/mol. The summed E-state index contributed by atoms with van der Waals surface area (Å²) in [4.78, 5) is 16.5. The van der Waals surface area contributed by atoms with Gasteiger partial charge in [-0.1, -0.05) is 6.92 Å². The first-order chi connectivity index (χ1) is 8.70. The Kier molecular flexibility index (Phi) is 4.92. The molecule has 1 aromatic heterocycles. The van der Waals surface area contributed by atoms with Gasteiger partial charge < -0.3 is 4.74 Å². The van der Waals surface area contributed by atoms with Crippen LogP contribution in [-0.4, -0.2) is 43.5 Å². The minimum atomic E-state index is 0.244. The lowest BCUT2D eigenvalue weighted by Crippen LogP contribution is -2.39. The van der Waals surface area contributed by atoms with Crippen molar-refractivity contribution in [2.24, 2.45) is 0 Å². The van der Waals surface area contributed by atoms with Crippen LogP contribution in [-0.2, 0) is 11.2 Å². The van der Waals surface area contributed by atoms with Gasteiger partial charge in [0.1, 0.15) is 0 Å². The van der Waals surface area contributed by atoms with E-state index in [2.05, 4.69) is 17.9 Å². The fraction of sp³-hybridized carbons (Fsp3) is 0.643. The third kappa shape index (κ3) is 3.40. The Balaban J connectivity index is 1.89. The Morgan fingerprint density at radius 1 is 1.44 bits per heavy atom. The van der Waals surface area contributed by atoms with Crippen molar-refractivity contribution >= 4 is 17.1 Å². The lowest BCUT2D eigenvalue weighted by Gasteiger charge is -2.30. The number of thiophene rings is 1. The fourth-order valence-electron chi connectivity index (χ4n) is 2.28. The fourth-order valence-corrected chi connectivity index (χ4v) is 3.15. The molecule has 3 nitrogen and oxygen atoms in total. The molecule has 0 aliphatic carbocycles. The molecule has 1 saturated heterocycles. The molecule has 100 valence electrons. The van der Waals surface area contributed by atoms with Crippen LogP contribution in [0, 0.1) is 0 Å². The van der Waals surface area contributed by atoms with Crippen LogP contribution in [0.25, 0.3) is 0 Å². The van der Waals surface area contributed by atoms with Crippen molar-refractivity contribution in [1.82, 2.24) is 4.90 Å². The Morgan fingerprint density at radius 2 is 2.17 bits per heavy atom. The van der Waals surface area contributed by atoms with E-state index >= 15 is 0 Å². The zero-order valence-corrected chi connectivity index (χ0v) is 12.0. The topological polar surface area (TPSA) is 29.5 Å². The molecule has 0 amide bonds. The smallest absolute Gasteiger partial charge is 0.186 e. The van der Waals surface area contributed by atoms with Crippen molar-refractivity contribution in [2.45, 2.75) is 32.2 Å². The molecule has 0 spiro atoms. The molecule has 1 aliphatic rings. The summed E-state index contributed by atoms with van der Waals surface area (Å²) >= 11 is 1.63. The van der Waals surface area contributed by atoms with Gasteiger partial charge in [0.2, 0.25) is 0 Å². The molecule has 0 atom stereocenters. The monoisotopic (exact) mass is 267 g/mol. The van der Waals surface area contributed by atoms with Crippen LogP contribution in [0.1, 0.15) is 34.3 Å². The summed E-state index contributed by atoms with van der Waals surface area (Å²) in [5, 5.41) is 0. The first kappa shape index (κ1) is 13.7. The van der Waals surface area contributed by atoms with Crippen LogP contribution < -0.4 is 0 Å². The molecule has 0 bridgehead atoms. The highest BCUT2D eigenvalue weighted by molar-refractivity contribution is 7.14. The first-order valence-corrected chi connectivity index (χ1v) is 7.42. The highest BCUT2D eigenvalue weighted by Crippen LogP contribution is 2.19. The average molecular weight is 267 g/mol. The highest BCUT2D eigenvalue weighted by Gasteiger charge is 2.21. The maximum Gasteiger partial charge on any atom is 0.186 e. The summed E-state index contributed by atoms with van der Waals surface area (Å²) in [6.45, 7) is 4.28. The Hall–Kier alpha value is -0.710. The van der Waals surface area contributed by atoms with Crippen LogP contribution in [0.2, 0.25) is 0 Å². The van der Waals surface area contributed by atoms with Crippen LogP contribution in [0.3, 0.4) is 0 Å². The SMILES string of the molecule is CCc1ccc(C(=O)CN(C)C2CCOCC2)s1. The largest absolute Gasteiger partial charge is 0.381 e. The number of hydrogen-bond acceptors (Lipinski definition) is 4. The van der Waals surface area contributed by atoms with Gasteiger partial charge in [-0.2, -0.15) is 0 Å². The number of aryl methyl sites for hydroxylation is 1. The minimum absolute atomic E-state index is 0.244.